The number of aryl methyl sites for hydroxylation is 1. The Morgan fingerprint density at radius 1 is 1.05 bits per heavy atom. The SMILES string of the molecule is Cc1ccc(CN(C)C(=O)c2c(O)cccc2O)cc1. The normalized spacial score (nSPS) is 10.3. The first-order valence-corrected chi connectivity index (χ1v) is 6.31. The molecule has 2 N–H and O–H groups in total. The molecule has 1 amide bonds. The fourth-order valence-electron chi connectivity index (χ4n) is 1.98. The summed E-state index contributed by atoms with van der Waals surface area (Å²) < 4.78 is 0. The monoisotopic (exact) mass is 271 g/mol. The maximum atomic E-state index is 12.3. The maximum Gasteiger partial charge on any atom is 0.261 e. The third-order valence-corrected chi connectivity index (χ3v) is 3.12. The van der Waals surface area contributed by atoms with Crippen molar-refractivity contribution >= 4 is 5.91 Å². The van der Waals surface area contributed by atoms with Gasteiger partial charge < -0.3 is 15.1 Å². The lowest BCUT2D eigenvalue weighted by Crippen LogP contribution is -2.26. The van der Waals surface area contributed by atoms with Gasteiger partial charge in [-0.3, -0.25) is 4.79 Å². The van der Waals surface area contributed by atoms with Crippen LogP contribution in [0.4, 0.5) is 0 Å². The number of hydrogen-bond donors (Lipinski definition) is 2. The molecule has 2 aromatic carbocycles. The van der Waals surface area contributed by atoms with Gasteiger partial charge in [-0.25, -0.2) is 0 Å². The van der Waals surface area contributed by atoms with Gasteiger partial charge in [-0.05, 0) is 24.6 Å². The molecule has 2 rings (SSSR count). The van der Waals surface area contributed by atoms with Crippen LogP contribution in [0.15, 0.2) is 42.5 Å². The molecule has 20 heavy (non-hydrogen) atoms. The Kier molecular flexibility index (Phi) is 3.94. The average Bonchev–Trinajstić information content (AvgIpc) is 2.41. The van der Waals surface area contributed by atoms with Crippen molar-refractivity contribution in [2.45, 2.75) is 13.5 Å². The molecule has 0 aliphatic heterocycles. The Labute approximate surface area is 117 Å². The molecule has 0 aliphatic rings. The molecule has 0 unspecified atom stereocenters. The van der Waals surface area contributed by atoms with Gasteiger partial charge in [0.05, 0.1) is 0 Å². The molecule has 0 heterocycles. The van der Waals surface area contributed by atoms with E-state index in [1.54, 1.807) is 7.05 Å². The maximum absolute atomic E-state index is 12.3. The molecule has 4 heteroatoms. The molecule has 0 saturated heterocycles. The number of carbonyl (C=O) groups is 1. The summed E-state index contributed by atoms with van der Waals surface area (Å²) in [4.78, 5) is 13.7. The second kappa shape index (κ2) is 5.65. The van der Waals surface area contributed by atoms with Crippen LogP contribution in [0.25, 0.3) is 0 Å². The minimum absolute atomic E-state index is 0.0675. The molecule has 0 atom stereocenters. The summed E-state index contributed by atoms with van der Waals surface area (Å²) in [5, 5.41) is 19.4. The van der Waals surface area contributed by atoms with Gasteiger partial charge in [-0.1, -0.05) is 35.9 Å². The molecule has 0 spiro atoms. The van der Waals surface area contributed by atoms with Crippen molar-refractivity contribution in [1.82, 2.24) is 4.90 Å². The van der Waals surface area contributed by atoms with Crippen LogP contribution in [-0.4, -0.2) is 28.1 Å². The second-order valence-electron chi connectivity index (χ2n) is 4.82. The number of nitrogens with zero attached hydrogens (tertiary/aromatic N) is 1. The minimum atomic E-state index is -0.416. The van der Waals surface area contributed by atoms with Gasteiger partial charge >= 0.3 is 0 Å². The van der Waals surface area contributed by atoms with Crippen LogP contribution in [-0.2, 0) is 6.54 Å². The van der Waals surface area contributed by atoms with Crippen LogP contribution in [0.5, 0.6) is 11.5 Å². The second-order valence-corrected chi connectivity index (χ2v) is 4.82. The topological polar surface area (TPSA) is 60.8 Å². The van der Waals surface area contributed by atoms with E-state index in [0.717, 1.165) is 11.1 Å². The predicted octanol–water partition coefficient (Wildman–Crippen LogP) is 2.68. The van der Waals surface area contributed by atoms with Gasteiger partial charge in [0.2, 0.25) is 0 Å². The number of phenols is 2. The van der Waals surface area contributed by atoms with E-state index in [-0.39, 0.29) is 17.1 Å². The molecule has 0 aliphatic carbocycles. The van der Waals surface area contributed by atoms with E-state index < -0.39 is 5.91 Å². The van der Waals surface area contributed by atoms with E-state index in [0.29, 0.717) is 6.54 Å². The summed E-state index contributed by atoms with van der Waals surface area (Å²) >= 11 is 0. The highest BCUT2D eigenvalue weighted by molar-refractivity contribution is 5.99. The average molecular weight is 271 g/mol. The highest BCUT2D eigenvalue weighted by Gasteiger charge is 2.19. The van der Waals surface area contributed by atoms with Gasteiger partial charge in [-0.15, -0.1) is 0 Å². The standard InChI is InChI=1S/C16H17NO3/c1-11-6-8-12(9-7-11)10-17(2)16(20)15-13(18)4-3-5-14(15)19/h3-9,18-19H,10H2,1-2H3. The number of carbonyl (C=O) groups excluding carboxylic acids is 1. The Hall–Kier alpha value is -2.49. The zero-order chi connectivity index (χ0) is 14.7. The Morgan fingerprint density at radius 3 is 2.15 bits per heavy atom. The van der Waals surface area contributed by atoms with Crippen LogP contribution >= 0.6 is 0 Å². The lowest BCUT2D eigenvalue weighted by Gasteiger charge is -2.18. The molecular weight excluding hydrogens is 254 g/mol. The smallest absolute Gasteiger partial charge is 0.261 e. The molecule has 0 fully saturated rings. The molecule has 104 valence electrons. The Balaban J connectivity index is 2.18. The Bertz CT molecular complexity index is 600. The zero-order valence-corrected chi connectivity index (χ0v) is 11.5. The summed E-state index contributed by atoms with van der Waals surface area (Å²) in [6, 6.07) is 12.1. The minimum Gasteiger partial charge on any atom is -0.507 e. The first kappa shape index (κ1) is 13.9. The number of hydrogen-bond acceptors (Lipinski definition) is 3. The molecule has 0 aromatic heterocycles. The van der Waals surface area contributed by atoms with E-state index in [1.807, 2.05) is 31.2 Å². The predicted molar refractivity (Wildman–Crippen MR) is 76.7 cm³/mol. The van der Waals surface area contributed by atoms with Gasteiger partial charge in [0.25, 0.3) is 5.91 Å². The molecule has 0 bridgehead atoms. The quantitative estimate of drug-likeness (QED) is 0.902. The highest BCUT2D eigenvalue weighted by atomic mass is 16.3. The van der Waals surface area contributed by atoms with Crippen molar-refractivity contribution in [1.29, 1.82) is 0 Å². The summed E-state index contributed by atoms with van der Waals surface area (Å²) in [6.45, 7) is 2.41. The number of amides is 1. The van der Waals surface area contributed by atoms with E-state index in [9.17, 15) is 15.0 Å². The van der Waals surface area contributed by atoms with Crippen LogP contribution in [0.3, 0.4) is 0 Å². The van der Waals surface area contributed by atoms with Crippen LogP contribution in [0.2, 0.25) is 0 Å². The third-order valence-electron chi connectivity index (χ3n) is 3.12. The molecule has 0 radical (unpaired) electrons. The summed E-state index contributed by atoms with van der Waals surface area (Å²) in [5.41, 5.74) is 2.07. The zero-order valence-electron chi connectivity index (χ0n) is 11.5. The fourth-order valence-corrected chi connectivity index (χ4v) is 1.98. The fraction of sp³-hybridized carbons (Fsp3) is 0.188. The summed E-state index contributed by atoms with van der Waals surface area (Å²) in [6.07, 6.45) is 0. The molecule has 4 nitrogen and oxygen atoms in total. The summed E-state index contributed by atoms with van der Waals surface area (Å²) in [5.74, 6) is -0.849. The first-order valence-electron chi connectivity index (χ1n) is 6.31. The lowest BCUT2D eigenvalue weighted by molar-refractivity contribution is 0.0779. The molecule has 2 aromatic rings. The number of rotatable bonds is 3. The highest BCUT2D eigenvalue weighted by Crippen LogP contribution is 2.27. The number of aromatic hydroxyl groups is 2. The van der Waals surface area contributed by atoms with Crippen LogP contribution in [0, 0.1) is 6.92 Å². The molecular formula is C16H17NO3. The Morgan fingerprint density at radius 2 is 1.60 bits per heavy atom. The van der Waals surface area contributed by atoms with Crippen LogP contribution < -0.4 is 0 Å². The van der Waals surface area contributed by atoms with Crippen molar-refractivity contribution in [2.75, 3.05) is 7.05 Å². The van der Waals surface area contributed by atoms with Crippen LogP contribution in [0.1, 0.15) is 21.5 Å². The lowest BCUT2D eigenvalue weighted by atomic mass is 10.1. The first-order chi connectivity index (χ1) is 9.49. The van der Waals surface area contributed by atoms with Crippen molar-refractivity contribution in [3.05, 3.63) is 59.2 Å². The van der Waals surface area contributed by atoms with Gasteiger partial charge in [-0.2, -0.15) is 0 Å². The van der Waals surface area contributed by atoms with Crippen molar-refractivity contribution in [3.63, 3.8) is 0 Å². The van der Waals surface area contributed by atoms with Gasteiger partial charge in [0.1, 0.15) is 17.1 Å². The van der Waals surface area contributed by atoms with Crippen molar-refractivity contribution < 1.29 is 15.0 Å². The van der Waals surface area contributed by atoms with Crippen molar-refractivity contribution in [2.24, 2.45) is 0 Å². The van der Waals surface area contributed by atoms with Crippen molar-refractivity contribution in [3.8, 4) is 11.5 Å². The van der Waals surface area contributed by atoms with E-state index in [1.165, 1.54) is 23.1 Å². The van der Waals surface area contributed by atoms with Gasteiger partial charge in [0, 0.05) is 13.6 Å². The molecule has 0 saturated carbocycles. The van der Waals surface area contributed by atoms with Gasteiger partial charge in [0.15, 0.2) is 0 Å². The van der Waals surface area contributed by atoms with E-state index >= 15 is 0 Å². The summed E-state index contributed by atoms with van der Waals surface area (Å²) in [7, 11) is 1.63. The van der Waals surface area contributed by atoms with E-state index in [2.05, 4.69) is 0 Å². The number of benzene rings is 2. The number of phenolic OH excluding ortho intramolecular Hbond substituents is 2. The third kappa shape index (κ3) is 2.91. The van der Waals surface area contributed by atoms with E-state index in [4.69, 9.17) is 0 Å². The largest absolute Gasteiger partial charge is 0.507 e.